The van der Waals surface area contributed by atoms with Gasteiger partial charge in [0.05, 0.1) is 37.2 Å². The van der Waals surface area contributed by atoms with Gasteiger partial charge >= 0.3 is 11.9 Å². The van der Waals surface area contributed by atoms with Gasteiger partial charge in [-0.3, -0.25) is 14.2 Å². The Hall–Kier alpha value is -4.89. The summed E-state index contributed by atoms with van der Waals surface area (Å²) in [5.41, 5.74) is 1.15. The molecule has 0 radical (unpaired) electrons. The molecule has 2 amide bonds. The predicted molar refractivity (Wildman–Crippen MR) is 181 cm³/mol. The normalized spacial score (nSPS) is 11.4. The van der Waals surface area contributed by atoms with Crippen LogP contribution in [0.5, 0.6) is 11.5 Å². The molecule has 0 aliphatic carbocycles. The molecule has 13 nitrogen and oxygen atoms in total. The summed E-state index contributed by atoms with van der Waals surface area (Å²) in [6.07, 6.45) is 0. The van der Waals surface area contributed by atoms with Crippen molar-refractivity contribution in [2.45, 2.75) is 51.6 Å². The molecule has 0 aliphatic heterocycles. The van der Waals surface area contributed by atoms with E-state index >= 15 is 0 Å². The van der Waals surface area contributed by atoms with E-state index in [1.807, 2.05) is 37.3 Å². The molecule has 254 valence electrons. The number of carbonyl (C=O) groups is 4. The molecule has 0 spiro atoms. The Morgan fingerprint density at radius 1 is 0.875 bits per heavy atom. The number of nitrogens with one attached hydrogen (secondary N) is 2. The fourth-order valence-corrected chi connectivity index (χ4v) is 6.35. The topological polar surface area (TPSA) is 160 Å². The Balaban J connectivity index is 1.55. The highest BCUT2D eigenvalue weighted by molar-refractivity contribution is 8.00. The summed E-state index contributed by atoms with van der Waals surface area (Å²) < 4.78 is 23.2. The Morgan fingerprint density at radius 2 is 1.54 bits per heavy atom. The maximum Gasteiger partial charge on any atom is 0.348 e. The number of benzene rings is 2. The molecule has 0 bridgehead atoms. The smallest absolute Gasteiger partial charge is 0.348 e. The number of amides is 2. The molecule has 48 heavy (non-hydrogen) atoms. The van der Waals surface area contributed by atoms with Crippen molar-refractivity contribution in [2.75, 3.05) is 31.7 Å². The van der Waals surface area contributed by atoms with Gasteiger partial charge in [0.25, 0.3) is 5.91 Å². The maximum absolute atomic E-state index is 13.5. The molecule has 2 aromatic heterocycles. The van der Waals surface area contributed by atoms with E-state index in [4.69, 9.17) is 18.9 Å². The number of thiophene rings is 1. The fraction of sp³-hybridized carbons (Fsp3) is 0.333. The van der Waals surface area contributed by atoms with Crippen LogP contribution in [0.25, 0.3) is 5.69 Å². The zero-order chi connectivity index (χ0) is 34.6. The van der Waals surface area contributed by atoms with Gasteiger partial charge < -0.3 is 29.6 Å². The predicted octanol–water partition coefficient (Wildman–Crippen LogP) is 5.20. The number of nitrogens with zero attached hydrogens (tertiary/aromatic N) is 3. The van der Waals surface area contributed by atoms with Gasteiger partial charge in [-0.2, -0.15) is 0 Å². The van der Waals surface area contributed by atoms with Crippen LogP contribution in [0.1, 0.15) is 59.1 Å². The van der Waals surface area contributed by atoms with E-state index in [0.29, 0.717) is 40.3 Å². The second-order valence-electron chi connectivity index (χ2n) is 9.99. The SMILES string of the molecule is CCOC(=O)c1sc(NC(=O)C(C)Sc2nnc(CNC(=O)COc3ccccc3)n2-c2ccc(OCC)cc2)c(C(=O)OCC)c1C. The number of ether oxygens (including phenoxy) is 4. The molecule has 2 heterocycles. The third-order valence-corrected chi connectivity index (χ3v) is 8.87. The third kappa shape index (κ3) is 9.13. The van der Waals surface area contributed by atoms with Gasteiger partial charge in [0.1, 0.15) is 21.4 Å². The average molecular weight is 696 g/mol. The molecule has 0 aliphatic rings. The van der Waals surface area contributed by atoms with Crippen LogP contribution in [0.3, 0.4) is 0 Å². The van der Waals surface area contributed by atoms with Gasteiger partial charge in [0.2, 0.25) is 5.91 Å². The summed E-state index contributed by atoms with van der Waals surface area (Å²) in [6.45, 7) is 9.15. The van der Waals surface area contributed by atoms with Crippen molar-refractivity contribution in [1.82, 2.24) is 20.1 Å². The number of hydrogen-bond acceptors (Lipinski definition) is 12. The van der Waals surface area contributed by atoms with E-state index < -0.39 is 23.1 Å². The number of rotatable bonds is 16. The van der Waals surface area contributed by atoms with Gasteiger partial charge in [-0.15, -0.1) is 21.5 Å². The lowest BCUT2D eigenvalue weighted by molar-refractivity contribution is -0.123. The monoisotopic (exact) mass is 695 g/mol. The first-order valence-electron chi connectivity index (χ1n) is 15.2. The minimum absolute atomic E-state index is 0.0341. The second kappa shape index (κ2) is 17.3. The van der Waals surface area contributed by atoms with Crippen molar-refractivity contribution in [1.29, 1.82) is 0 Å². The van der Waals surface area contributed by atoms with E-state index in [1.54, 1.807) is 56.5 Å². The van der Waals surface area contributed by atoms with Gasteiger partial charge in [0, 0.05) is 5.69 Å². The maximum atomic E-state index is 13.5. The van der Waals surface area contributed by atoms with Crippen LogP contribution in [0.4, 0.5) is 5.00 Å². The molecule has 0 saturated carbocycles. The van der Waals surface area contributed by atoms with Crippen molar-refractivity contribution in [2.24, 2.45) is 0 Å². The summed E-state index contributed by atoms with van der Waals surface area (Å²) in [5, 5.41) is 14.1. The van der Waals surface area contributed by atoms with E-state index in [9.17, 15) is 19.2 Å². The first-order chi connectivity index (χ1) is 23.2. The van der Waals surface area contributed by atoms with Crippen molar-refractivity contribution < 1.29 is 38.1 Å². The van der Waals surface area contributed by atoms with Crippen LogP contribution in [-0.2, 0) is 25.6 Å². The van der Waals surface area contributed by atoms with Crippen molar-refractivity contribution >= 4 is 51.9 Å². The zero-order valence-electron chi connectivity index (χ0n) is 27.2. The zero-order valence-corrected chi connectivity index (χ0v) is 28.9. The van der Waals surface area contributed by atoms with Crippen LogP contribution >= 0.6 is 23.1 Å². The Kier molecular flexibility index (Phi) is 13.0. The molecule has 2 N–H and O–H groups in total. The van der Waals surface area contributed by atoms with E-state index in [2.05, 4.69) is 20.8 Å². The van der Waals surface area contributed by atoms with Crippen molar-refractivity contribution in [3.05, 3.63) is 76.4 Å². The minimum atomic E-state index is -0.735. The van der Waals surface area contributed by atoms with Gasteiger partial charge in [-0.25, -0.2) is 9.59 Å². The molecular weight excluding hydrogens is 659 g/mol. The molecule has 0 fully saturated rings. The number of anilines is 1. The van der Waals surface area contributed by atoms with Crippen molar-refractivity contribution in [3.63, 3.8) is 0 Å². The highest BCUT2D eigenvalue weighted by atomic mass is 32.2. The highest BCUT2D eigenvalue weighted by Gasteiger charge is 2.29. The number of aromatic nitrogens is 3. The first-order valence-corrected chi connectivity index (χ1v) is 16.9. The average Bonchev–Trinajstić information content (AvgIpc) is 3.63. The third-order valence-electron chi connectivity index (χ3n) is 6.64. The summed E-state index contributed by atoms with van der Waals surface area (Å²) in [7, 11) is 0. The summed E-state index contributed by atoms with van der Waals surface area (Å²) >= 11 is 2.07. The van der Waals surface area contributed by atoms with Crippen molar-refractivity contribution in [3.8, 4) is 17.2 Å². The lowest BCUT2D eigenvalue weighted by Gasteiger charge is -2.15. The number of thioether (sulfide) groups is 1. The minimum Gasteiger partial charge on any atom is -0.494 e. The lowest BCUT2D eigenvalue weighted by Crippen LogP contribution is -2.29. The first kappa shape index (κ1) is 36.0. The van der Waals surface area contributed by atoms with E-state index in [0.717, 1.165) is 23.1 Å². The molecule has 1 unspecified atom stereocenters. The summed E-state index contributed by atoms with van der Waals surface area (Å²) in [4.78, 5) is 51.7. The standard InChI is InChI=1S/C33H37N5O8S2/c1-6-43-24-16-14-22(15-17-24)38-25(18-34-26(39)19-46-23-12-10-9-11-13-23)36-37-33(38)47-21(5)29(40)35-30-27(31(41)44-7-2)20(4)28(48-30)32(42)45-8-3/h9-17,21H,6-8,18-19H2,1-5H3,(H,34,39)(H,35,40). The summed E-state index contributed by atoms with van der Waals surface area (Å²) in [6, 6.07) is 16.2. The second-order valence-corrected chi connectivity index (χ2v) is 12.3. The molecule has 2 aromatic carbocycles. The largest absolute Gasteiger partial charge is 0.494 e. The molecule has 0 saturated heterocycles. The van der Waals surface area contributed by atoms with Gasteiger partial charge in [-0.05, 0) is 76.6 Å². The Labute approximate surface area is 286 Å². The molecular formula is C33H37N5O8S2. The van der Waals surface area contributed by atoms with E-state index in [-0.39, 0.29) is 47.7 Å². The summed E-state index contributed by atoms with van der Waals surface area (Å²) in [5.74, 6) is -0.392. The lowest BCUT2D eigenvalue weighted by atomic mass is 10.1. The Bertz CT molecular complexity index is 1720. The molecule has 4 aromatic rings. The van der Waals surface area contributed by atoms with E-state index in [1.165, 1.54) is 0 Å². The number of esters is 2. The Morgan fingerprint density at radius 3 is 2.21 bits per heavy atom. The fourth-order valence-electron chi connectivity index (χ4n) is 4.37. The molecule has 15 heteroatoms. The molecule has 4 rings (SSSR count). The molecule has 1 atom stereocenters. The number of hydrogen-bond donors (Lipinski definition) is 2. The van der Waals surface area contributed by atoms with Crippen LogP contribution in [-0.4, -0.2) is 70.2 Å². The van der Waals surface area contributed by atoms with Gasteiger partial charge in [0.15, 0.2) is 17.6 Å². The number of para-hydroxylation sites is 1. The quantitative estimate of drug-likeness (QED) is 0.117. The van der Waals surface area contributed by atoms with Gasteiger partial charge in [-0.1, -0.05) is 30.0 Å². The van der Waals surface area contributed by atoms with Crippen LogP contribution in [0.15, 0.2) is 59.8 Å². The highest BCUT2D eigenvalue weighted by Crippen LogP contribution is 2.35. The van der Waals surface area contributed by atoms with Crippen LogP contribution in [0, 0.1) is 6.92 Å². The number of carbonyl (C=O) groups excluding carboxylic acids is 4. The van der Waals surface area contributed by atoms with Crippen LogP contribution < -0.4 is 20.1 Å². The van der Waals surface area contributed by atoms with Crippen LogP contribution in [0.2, 0.25) is 0 Å².